The van der Waals surface area contributed by atoms with Crippen LogP contribution in [0.3, 0.4) is 0 Å². The first-order chi connectivity index (χ1) is 6.79. The fraction of sp³-hybridized carbons (Fsp3) is 0.200. The van der Waals surface area contributed by atoms with Crippen molar-refractivity contribution in [1.82, 2.24) is 9.55 Å². The fourth-order valence-electron chi connectivity index (χ4n) is 1.30. The average Bonchev–Trinajstić information content (AvgIpc) is 2.76. The van der Waals surface area contributed by atoms with E-state index in [1.807, 2.05) is 4.57 Å². The van der Waals surface area contributed by atoms with Crippen LogP contribution < -0.4 is 0 Å². The molecule has 0 bridgehead atoms. The van der Waals surface area contributed by atoms with Gasteiger partial charge in [-0.3, -0.25) is 4.79 Å². The second-order valence-corrected chi connectivity index (χ2v) is 4.45. The molecule has 0 aliphatic carbocycles. The number of imidazole rings is 1. The molecule has 2 aromatic rings. The Balaban J connectivity index is 2.22. The monoisotopic (exact) mass is 206 g/mol. The highest BCUT2D eigenvalue weighted by molar-refractivity contribution is 7.11. The molecule has 2 rings (SSSR count). The number of aryl methyl sites for hydroxylation is 1. The quantitative estimate of drug-likeness (QED) is 0.721. The van der Waals surface area contributed by atoms with Gasteiger partial charge in [0.05, 0.1) is 19.1 Å². The summed E-state index contributed by atoms with van der Waals surface area (Å²) >= 11 is 1.74. The molecule has 0 N–H and O–H groups in total. The number of nitrogens with zero attached hydrogens (tertiary/aromatic N) is 2. The molecule has 4 heteroatoms. The molecule has 2 aromatic heterocycles. The van der Waals surface area contributed by atoms with Crippen molar-refractivity contribution in [1.29, 1.82) is 0 Å². The van der Waals surface area contributed by atoms with Gasteiger partial charge in [0.25, 0.3) is 0 Å². The number of aromatic nitrogens is 2. The van der Waals surface area contributed by atoms with Crippen molar-refractivity contribution in [3.8, 4) is 0 Å². The van der Waals surface area contributed by atoms with E-state index in [9.17, 15) is 4.79 Å². The van der Waals surface area contributed by atoms with E-state index in [0.717, 1.165) is 12.8 Å². The maximum absolute atomic E-state index is 10.6. The molecule has 0 radical (unpaired) electrons. The van der Waals surface area contributed by atoms with Gasteiger partial charge in [-0.25, -0.2) is 4.98 Å². The first kappa shape index (κ1) is 9.15. The Morgan fingerprint density at radius 2 is 2.43 bits per heavy atom. The van der Waals surface area contributed by atoms with Gasteiger partial charge in [-0.15, -0.1) is 11.3 Å². The minimum atomic E-state index is 0.621. The van der Waals surface area contributed by atoms with Crippen molar-refractivity contribution in [2.75, 3.05) is 0 Å². The second kappa shape index (κ2) is 3.75. The standard InChI is InChI=1S/C10H10N2OS/c1-8-2-3-10(14-8)5-12-7-11-4-9(12)6-13/h2-4,6-7H,5H2,1H3. The van der Waals surface area contributed by atoms with Crippen molar-refractivity contribution < 1.29 is 4.79 Å². The molecule has 0 saturated heterocycles. The van der Waals surface area contributed by atoms with Gasteiger partial charge in [0.15, 0.2) is 6.29 Å². The van der Waals surface area contributed by atoms with Crippen LogP contribution in [0, 0.1) is 6.92 Å². The Bertz CT molecular complexity index is 444. The Kier molecular flexibility index (Phi) is 2.45. The van der Waals surface area contributed by atoms with Crippen LogP contribution in [-0.2, 0) is 6.54 Å². The van der Waals surface area contributed by atoms with Crippen molar-refractivity contribution in [2.45, 2.75) is 13.5 Å². The number of carbonyl (C=O) groups is 1. The van der Waals surface area contributed by atoms with Crippen LogP contribution >= 0.6 is 11.3 Å². The van der Waals surface area contributed by atoms with Gasteiger partial charge in [-0.05, 0) is 19.1 Å². The summed E-state index contributed by atoms with van der Waals surface area (Å²) in [6.07, 6.45) is 4.08. The molecule has 14 heavy (non-hydrogen) atoms. The van der Waals surface area contributed by atoms with Gasteiger partial charge in [0, 0.05) is 9.75 Å². The van der Waals surface area contributed by atoms with E-state index in [0.29, 0.717) is 5.69 Å². The van der Waals surface area contributed by atoms with Crippen LogP contribution in [0.25, 0.3) is 0 Å². The Hall–Kier alpha value is -1.42. The van der Waals surface area contributed by atoms with E-state index >= 15 is 0 Å². The lowest BCUT2D eigenvalue weighted by atomic mass is 10.4. The number of aldehydes is 1. The number of hydrogen-bond donors (Lipinski definition) is 0. The maximum atomic E-state index is 10.6. The van der Waals surface area contributed by atoms with Crippen molar-refractivity contribution in [3.05, 3.63) is 40.1 Å². The lowest BCUT2D eigenvalue weighted by Gasteiger charge is -2.00. The van der Waals surface area contributed by atoms with Gasteiger partial charge in [-0.1, -0.05) is 0 Å². The smallest absolute Gasteiger partial charge is 0.168 e. The summed E-state index contributed by atoms with van der Waals surface area (Å²) in [5, 5.41) is 0. The number of hydrogen-bond acceptors (Lipinski definition) is 3. The number of rotatable bonds is 3. The summed E-state index contributed by atoms with van der Waals surface area (Å²) in [6.45, 7) is 2.80. The third-order valence-electron chi connectivity index (χ3n) is 1.99. The lowest BCUT2D eigenvalue weighted by molar-refractivity contribution is 0.111. The number of carbonyl (C=O) groups excluding carboxylic acids is 1. The van der Waals surface area contributed by atoms with E-state index in [1.54, 1.807) is 23.9 Å². The van der Waals surface area contributed by atoms with Gasteiger partial charge in [-0.2, -0.15) is 0 Å². The largest absolute Gasteiger partial charge is 0.323 e. The van der Waals surface area contributed by atoms with E-state index in [1.165, 1.54) is 9.75 Å². The third-order valence-corrected chi connectivity index (χ3v) is 2.97. The summed E-state index contributed by atoms with van der Waals surface area (Å²) in [7, 11) is 0. The van der Waals surface area contributed by atoms with Crippen LogP contribution in [0.1, 0.15) is 20.2 Å². The van der Waals surface area contributed by atoms with Crippen LogP contribution in [0.2, 0.25) is 0 Å². The minimum absolute atomic E-state index is 0.621. The molecule has 0 amide bonds. The number of thiophene rings is 1. The van der Waals surface area contributed by atoms with Gasteiger partial charge in [0.2, 0.25) is 0 Å². The minimum Gasteiger partial charge on any atom is -0.323 e. The van der Waals surface area contributed by atoms with Crippen LogP contribution in [0.5, 0.6) is 0 Å². The fourth-order valence-corrected chi connectivity index (χ4v) is 2.19. The van der Waals surface area contributed by atoms with Crippen molar-refractivity contribution in [2.24, 2.45) is 0 Å². The second-order valence-electron chi connectivity index (χ2n) is 3.08. The normalized spacial score (nSPS) is 10.4. The highest BCUT2D eigenvalue weighted by Crippen LogP contribution is 2.16. The molecule has 3 nitrogen and oxygen atoms in total. The molecular formula is C10H10N2OS. The van der Waals surface area contributed by atoms with Crippen LogP contribution in [0.15, 0.2) is 24.7 Å². The molecule has 0 fully saturated rings. The molecule has 2 heterocycles. The maximum Gasteiger partial charge on any atom is 0.168 e. The zero-order valence-electron chi connectivity index (χ0n) is 7.80. The van der Waals surface area contributed by atoms with E-state index < -0.39 is 0 Å². The zero-order valence-corrected chi connectivity index (χ0v) is 8.62. The van der Waals surface area contributed by atoms with E-state index in [2.05, 4.69) is 24.0 Å². The Morgan fingerprint density at radius 3 is 3.07 bits per heavy atom. The lowest BCUT2D eigenvalue weighted by Crippen LogP contribution is -2.00. The van der Waals surface area contributed by atoms with Gasteiger partial charge >= 0.3 is 0 Å². The SMILES string of the molecule is Cc1ccc(Cn2cncc2C=O)s1. The predicted molar refractivity (Wildman–Crippen MR) is 55.8 cm³/mol. The zero-order chi connectivity index (χ0) is 9.97. The van der Waals surface area contributed by atoms with Crippen molar-refractivity contribution >= 4 is 17.6 Å². The highest BCUT2D eigenvalue weighted by Gasteiger charge is 2.02. The molecule has 0 saturated carbocycles. The summed E-state index contributed by atoms with van der Waals surface area (Å²) in [4.78, 5) is 17.1. The molecule has 0 atom stereocenters. The first-order valence-corrected chi connectivity index (χ1v) is 5.12. The van der Waals surface area contributed by atoms with Gasteiger partial charge in [0.1, 0.15) is 5.69 Å². The van der Waals surface area contributed by atoms with Crippen LogP contribution in [0.4, 0.5) is 0 Å². The van der Waals surface area contributed by atoms with E-state index in [-0.39, 0.29) is 0 Å². The summed E-state index contributed by atoms with van der Waals surface area (Å²) in [6, 6.07) is 4.16. The molecule has 0 spiro atoms. The molecule has 0 aromatic carbocycles. The molecule has 72 valence electrons. The molecular weight excluding hydrogens is 196 g/mol. The average molecular weight is 206 g/mol. The predicted octanol–water partition coefficient (Wildman–Crippen LogP) is 2.11. The summed E-state index contributed by atoms with van der Waals surface area (Å²) < 4.78 is 1.85. The Morgan fingerprint density at radius 1 is 1.57 bits per heavy atom. The highest BCUT2D eigenvalue weighted by atomic mass is 32.1. The third kappa shape index (κ3) is 1.75. The molecule has 0 aliphatic rings. The Labute approximate surface area is 86.0 Å². The molecule has 0 aliphatic heterocycles. The molecule has 0 unspecified atom stereocenters. The van der Waals surface area contributed by atoms with Crippen molar-refractivity contribution in [3.63, 3.8) is 0 Å². The van der Waals surface area contributed by atoms with E-state index in [4.69, 9.17) is 0 Å². The summed E-state index contributed by atoms with van der Waals surface area (Å²) in [5.74, 6) is 0. The van der Waals surface area contributed by atoms with Gasteiger partial charge < -0.3 is 4.57 Å². The topological polar surface area (TPSA) is 34.9 Å². The van der Waals surface area contributed by atoms with Crippen LogP contribution in [-0.4, -0.2) is 15.8 Å². The summed E-state index contributed by atoms with van der Waals surface area (Å²) in [5.41, 5.74) is 0.621. The first-order valence-electron chi connectivity index (χ1n) is 4.30.